The van der Waals surface area contributed by atoms with Gasteiger partial charge in [0.1, 0.15) is 24.4 Å². The number of benzene rings is 2. The summed E-state index contributed by atoms with van der Waals surface area (Å²) in [5.74, 6) is 0.276. The second kappa shape index (κ2) is 10.3. The minimum Gasteiger partial charge on any atom is -0.392 e. The highest BCUT2D eigenvalue weighted by Crippen LogP contribution is 2.38. The van der Waals surface area contributed by atoms with Gasteiger partial charge in [-0.3, -0.25) is 9.69 Å². The number of carbonyl (C=O) groups excluding carboxylic acids is 1. The molecule has 2 aliphatic heterocycles. The molecule has 1 saturated heterocycles. The number of para-hydroxylation sites is 2. The third-order valence-corrected chi connectivity index (χ3v) is 7.02. The van der Waals surface area contributed by atoms with Gasteiger partial charge in [-0.1, -0.05) is 41.4 Å². The zero-order valence-corrected chi connectivity index (χ0v) is 20.6. The Hall–Kier alpha value is -3.07. The lowest BCUT2D eigenvalue weighted by Gasteiger charge is -2.38. The highest BCUT2D eigenvalue weighted by atomic mass is 35.5. The predicted octanol–water partition coefficient (Wildman–Crippen LogP) is 4.76. The van der Waals surface area contributed by atoms with Crippen molar-refractivity contribution in [3.63, 3.8) is 0 Å². The van der Waals surface area contributed by atoms with Crippen molar-refractivity contribution in [2.45, 2.75) is 25.9 Å². The normalized spacial score (nSPS) is 15.9. The molecule has 1 amide bonds. The average molecular weight is 513 g/mol. The van der Waals surface area contributed by atoms with Gasteiger partial charge >= 0.3 is 0 Å². The van der Waals surface area contributed by atoms with Gasteiger partial charge in [-0.05, 0) is 37.5 Å². The number of aliphatic hydroxyl groups is 1. The van der Waals surface area contributed by atoms with E-state index in [0.29, 0.717) is 33.8 Å². The molecule has 1 fully saturated rings. The molecule has 0 unspecified atom stereocenters. The van der Waals surface area contributed by atoms with Crippen LogP contribution in [0.4, 0.5) is 22.9 Å². The van der Waals surface area contributed by atoms with Crippen LogP contribution < -0.4 is 20.0 Å². The van der Waals surface area contributed by atoms with E-state index < -0.39 is 0 Å². The van der Waals surface area contributed by atoms with E-state index in [1.807, 2.05) is 23.1 Å². The van der Waals surface area contributed by atoms with Crippen LogP contribution in [-0.4, -0.2) is 47.4 Å². The van der Waals surface area contributed by atoms with Gasteiger partial charge in [0.2, 0.25) is 0 Å². The van der Waals surface area contributed by atoms with Crippen molar-refractivity contribution >= 4 is 52.0 Å². The number of piperidine rings is 1. The molecule has 2 aliphatic rings. The monoisotopic (exact) mass is 512 g/mol. The Morgan fingerprint density at radius 1 is 1.00 bits per heavy atom. The summed E-state index contributed by atoms with van der Waals surface area (Å²) in [6, 6.07) is 11.1. The summed E-state index contributed by atoms with van der Waals surface area (Å²) in [6.45, 7) is 2.45. The molecule has 2 N–H and O–H groups in total. The van der Waals surface area contributed by atoms with E-state index in [1.54, 1.807) is 23.1 Å². The van der Waals surface area contributed by atoms with Gasteiger partial charge in [-0.25, -0.2) is 9.97 Å². The molecule has 3 aromatic rings. The molecule has 0 spiro atoms. The topological polar surface area (TPSA) is 84.8 Å². The molecule has 182 valence electrons. The van der Waals surface area contributed by atoms with Crippen molar-refractivity contribution in [2.75, 3.05) is 46.4 Å². The van der Waals surface area contributed by atoms with Crippen molar-refractivity contribution in [3.8, 4) is 0 Å². The zero-order valence-electron chi connectivity index (χ0n) is 19.1. The van der Waals surface area contributed by atoms with Crippen LogP contribution in [0.1, 0.15) is 35.2 Å². The maximum atomic E-state index is 13.3. The Balaban J connectivity index is 1.47. The molecule has 5 rings (SSSR count). The van der Waals surface area contributed by atoms with Gasteiger partial charge < -0.3 is 20.2 Å². The molecule has 8 nitrogen and oxygen atoms in total. The Bertz CT molecular complexity index is 1210. The van der Waals surface area contributed by atoms with Crippen LogP contribution in [0.5, 0.6) is 0 Å². The smallest absolute Gasteiger partial charge is 0.265 e. The number of aliphatic hydroxyl groups excluding tert-OH is 1. The lowest BCUT2D eigenvalue weighted by molar-refractivity contribution is 0.0981. The third-order valence-electron chi connectivity index (χ3n) is 6.41. The lowest BCUT2D eigenvalue weighted by atomic mass is 10.1. The molecule has 0 aliphatic carbocycles. The first-order valence-electron chi connectivity index (χ1n) is 11.6. The van der Waals surface area contributed by atoms with Gasteiger partial charge in [-0.2, -0.15) is 0 Å². The number of aromatic nitrogens is 2. The Morgan fingerprint density at radius 3 is 2.49 bits per heavy atom. The first kappa shape index (κ1) is 23.7. The summed E-state index contributed by atoms with van der Waals surface area (Å²) in [4.78, 5) is 27.6. The summed E-state index contributed by atoms with van der Waals surface area (Å²) in [6.07, 6.45) is 6.43. The SMILES string of the molecule is O=C1c2cncnc2N(CNc2cccc(CO)c2N2CCCCC2)CN1c1c(Cl)cccc1Cl. The second-order valence-corrected chi connectivity index (χ2v) is 9.41. The standard InChI is InChI=1S/C25H26Cl2N6O2/c26-19-7-5-8-20(27)23(19)33-16-32(24-18(25(33)35)12-28-14-29-24)15-30-21-9-4-6-17(13-34)22(21)31-10-2-1-3-11-31/h4-9,12,14,30,34H,1-3,10-11,13,15-16H2. The number of nitrogens with one attached hydrogen (secondary N) is 1. The molecule has 1 aromatic heterocycles. The van der Waals surface area contributed by atoms with Crippen LogP contribution >= 0.6 is 23.2 Å². The molecule has 35 heavy (non-hydrogen) atoms. The van der Waals surface area contributed by atoms with E-state index in [0.717, 1.165) is 42.9 Å². The minimum atomic E-state index is -0.261. The van der Waals surface area contributed by atoms with Crippen molar-refractivity contribution in [1.82, 2.24) is 9.97 Å². The first-order chi connectivity index (χ1) is 17.1. The van der Waals surface area contributed by atoms with Gasteiger partial charge in [-0.15, -0.1) is 0 Å². The van der Waals surface area contributed by atoms with E-state index in [-0.39, 0.29) is 19.2 Å². The summed E-state index contributed by atoms with van der Waals surface area (Å²) >= 11 is 12.9. The van der Waals surface area contributed by atoms with Crippen LogP contribution in [0.3, 0.4) is 0 Å². The summed E-state index contributed by atoms with van der Waals surface area (Å²) in [7, 11) is 0. The maximum absolute atomic E-state index is 13.3. The van der Waals surface area contributed by atoms with E-state index >= 15 is 0 Å². The van der Waals surface area contributed by atoms with Crippen molar-refractivity contribution in [1.29, 1.82) is 0 Å². The molecule has 0 saturated carbocycles. The van der Waals surface area contributed by atoms with Crippen LogP contribution in [-0.2, 0) is 6.61 Å². The molecular formula is C25H26Cl2N6O2. The lowest BCUT2D eigenvalue weighted by Crippen LogP contribution is -2.49. The number of hydrogen-bond donors (Lipinski definition) is 2. The van der Waals surface area contributed by atoms with Crippen LogP contribution in [0, 0.1) is 0 Å². The number of fused-ring (bicyclic) bond motifs is 1. The summed E-state index contributed by atoms with van der Waals surface area (Å²) in [5, 5.41) is 14.3. The molecule has 0 bridgehead atoms. The number of nitrogens with zero attached hydrogens (tertiary/aromatic N) is 5. The quantitative estimate of drug-likeness (QED) is 0.492. The average Bonchev–Trinajstić information content (AvgIpc) is 2.89. The minimum absolute atomic E-state index is 0.0333. The number of carbonyl (C=O) groups is 1. The Kier molecular flexibility index (Phi) is 6.95. The van der Waals surface area contributed by atoms with Crippen LogP contribution in [0.2, 0.25) is 10.0 Å². The van der Waals surface area contributed by atoms with Crippen LogP contribution in [0.25, 0.3) is 0 Å². The fourth-order valence-electron chi connectivity index (χ4n) is 4.75. The van der Waals surface area contributed by atoms with E-state index in [1.165, 1.54) is 18.9 Å². The Morgan fingerprint density at radius 2 is 1.74 bits per heavy atom. The Labute approximate surface area is 214 Å². The molecular weight excluding hydrogens is 487 g/mol. The maximum Gasteiger partial charge on any atom is 0.265 e. The summed E-state index contributed by atoms with van der Waals surface area (Å²) < 4.78 is 0. The number of amides is 1. The molecule has 3 heterocycles. The molecule has 2 aromatic carbocycles. The van der Waals surface area contributed by atoms with Gasteiger partial charge in [0.25, 0.3) is 5.91 Å². The van der Waals surface area contributed by atoms with Crippen molar-refractivity contribution < 1.29 is 9.90 Å². The summed E-state index contributed by atoms with van der Waals surface area (Å²) in [5.41, 5.74) is 3.66. The number of anilines is 4. The highest BCUT2D eigenvalue weighted by Gasteiger charge is 2.33. The third kappa shape index (κ3) is 4.61. The number of rotatable bonds is 6. The zero-order chi connectivity index (χ0) is 24.4. The fourth-order valence-corrected chi connectivity index (χ4v) is 5.35. The number of halogens is 2. The first-order valence-corrected chi connectivity index (χ1v) is 12.4. The highest BCUT2D eigenvalue weighted by molar-refractivity contribution is 6.40. The van der Waals surface area contributed by atoms with Crippen molar-refractivity contribution in [2.24, 2.45) is 0 Å². The second-order valence-electron chi connectivity index (χ2n) is 8.60. The number of hydrogen-bond acceptors (Lipinski definition) is 7. The van der Waals surface area contributed by atoms with E-state index in [4.69, 9.17) is 23.2 Å². The fraction of sp³-hybridized carbons (Fsp3) is 0.320. The van der Waals surface area contributed by atoms with E-state index in [2.05, 4.69) is 20.2 Å². The van der Waals surface area contributed by atoms with Crippen molar-refractivity contribution in [3.05, 3.63) is 70.1 Å². The van der Waals surface area contributed by atoms with E-state index in [9.17, 15) is 9.90 Å². The van der Waals surface area contributed by atoms with Crippen LogP contribution in [0.15, 0.2) is 48.9 Å². The largest absolute Gasteiger partial charge is 0.392 e. The molecule has 0 radical (unpaired) electrons. The van der Waals surface area contributed by atoms with Gasteiger partial charge in [0.05, 0.1) is 40.4 Å². The molecule has 0 atom stereocenters. The van der Waals surface area contributed by atoms with Gasteiger partial charge in [0.15, 0.2) is 0 Å². The predicted molar refractivity (Wildman–Crippen MR) is 140 cm³/mol. The molecule has 10 heteroatoms. The van der Waals surface area contributed by atoms with Gasteiger partial charge in [0, 0.05) is 24.8 Å².